The quantitative estimate of drug-likeness (QED) is 0.331. The van der Waals surface area contributed by atoms with E-state index in [0.717, 1.165) is 70.5 Å². The molecule has 0 spiro atoms. The highest BCUT2D eigenvalue weighted by atomic mass is 16.5. The second-order valence-corrected chi connectivity index (χ2v) is 8.39. The molecule has 2 fully saturated rings. The molecule has 2 saturated heterocycles. The van der Waals surface area contributed by atoms with Crippen LogP contribution in [0.1, 0.15) is 58.8 Å². The molecular weight excluding hydrogens is 352 g/mol. The average Bonchev–Trinajstić information content (AvgIpc) is 2.71. The Labute approximate surface area is 173 Å². The van der Waals surface area contributed by atoms with Crippen LogP contribution >= 0.6 is 0 Å². The van der Waals surface area contributed by atoms with Crippen LogP contribution in [-0.2, 0) is 9.47 Å². The van der Waals surface area contributed by atoms with Gasteiger partial charge in [0.05, 0.1) is 6.10 Å². The molecule has 164 valence electrons. The van der Waals surface area contributed by atoms with Crippen LogP contribution in [-0.4, -0.2) is 88.0 Å². The Kier molecular flexibility index (Phi) is 11.9. The van der Waals surface area contributed by atoms with Crippen molar-refractivity contribution >= 4 is 5.96 Å². The summed E-state index contributed by atoms with van der Waals surface area (Å²) in [6.07, 6.45) is 8.76. The van der Waals surface area contributed by atoms with Crippen molar-refractivity contribution in [3.05, 3.63) is 0 Å². The number of likely N-dealkylation sites (tertiary alicyclic amines) is 2. The number of aliphatic imine (C=N–C) groups is 1. The Balaban J connectivity index is 1.63. The van der Waals surface area contributed by atoms with Crippen molar-refractivity contribution in [1.82, 2.24) is 15.1 Å². The van der Waals surface area contributed by atoms with E-state index in [0.29, 0.717) is 6.10 Å². The third-order valence-corrected chi connectivity index (χ3v) is 5.81. The average molecular weight is 397 g/mol. The van der Waals surface area contributed by atoms with Gasteiger partial charge in [-0.1, -0.05) is 6.92 Å². The predicted molar refractivity (Wildman–Crippen MR) is 117 cm³/mol. The fourth-order valence-electron chi connectivity index (χ4n) is 4.24. The van der Waals surface area contributed by atoms with Crippen molar-refractivity contribution < 1.29 is 9.47 Å². The van der Waals surface area contributed by atoms with Gasteiger partial charge in [-0.05, 0) is 70.9 Å². The van der Waals surface area contributed by atoms with Crippen molar-refractivity contribution in [2.45, 2.75) is 64.9 Å². The topological polar surface area (TPSA) is 49.3 Å². The van der Waals surface area contributed by atoms with E-state index in [1.54, 1.807) is 7.11 Å². The molecule has 0 radical (unpaired) electrons. The minimum Gasteiger partial charge on any atom is -0.385 e. The van der Waals surface area contributed by atoms with Crippen LogP contribution in [0.15, 0.2) is 4.99 Å². The van der Waals surface area contributed by atoms with Crippen LogP contribution in [0.5, 0.6) is 0 Å². The number of nitrogens with one attached hydrogen (secondary N) is 1. The lowest BCUT2D eigenvalue weighted by Crippen LogP contribution is -2.47. The summed E-state index contributed by atoms with van der Waals surface area (Å²) in [5, 5.41) is 3.48. The molecule has 1 atom stereocenters. The minimum atomic E-state index is 0.392. The molecule has 1 N–H and O–H groups in total. The van der Waals surface area contributed by atoms with Crippen LogP contribution in [0.3, 0.4) is 0 Å². The molecule has 28 heavy (non-hydrogen) atoms. The molecule has 2 aliphatic heterocycles. The van der Waals surface area contributed by atoms with Gasteiger partial charge < -0.3 is 24.6 Å². The number of nitrogens with zero attached hydrogens (tertiary/aromatic N) is 3. The molecule has 2 aliphatic rings. The Morgan fingerprint density at radius 3 is 2.61 bits per heavy atom. The van der Waals surface area contributed by atoms with E-state index in [1.165, 1.54) is 45.3 Å². The third kappa shape index (κ3) is 9.10. The normalized spacial score (nSPS) is 22.6. The Morgan fingerprint density at radius 1 is 1.07 bits per heavy atom. The Hall–Kier alpha value is -0.850. The van der Waals surface area contributed by atoms with Gasteiger partial charge in [0.1, 0.15) is 0 Å². The lowest BCUT2D eigenvalue weighted by molar-refractivity contribution is 0.00990. The monoisotopic (exact) mass is 396 g/mol. The van der Waals surface area contributed by atoms with Crippen LogP contribution in [0.4, 0.5) is 0 Å². The number of piperidine rings is 2. The Bertz CT molecular complexity index is 425. The summed E-state index contributed by atoms with van der Waals surface area (Å²) >= 11 is 0. The van der Waals surface area contributed by atoms with Gasteiger partial charge in [-0.3, -0.25) is 4.99 Å². The molecule has 0 aromatic heterocycles. The van der Waals surface area contributed by atoms with Crippen molar-refractivity contribution in [2.24, 2.45) is 10.9 Å². The van der Waals surface area contributed by atoms with Gasteiger partial charge in [-0.15, -0.1) is 0 Å². The number of unbranched alkanes of at least 4 members (excludes halogenated alkanes) is 1. The fraction of sp³-hybridized carbons (Fsp3) is 0.955. The lowest BCUT2D eigenvalue weighted by atomic mass is 10.0. The largest absolute Gasteiger partial charge is 0.385 e. The van der Waals surface area contributed by atoms with Crippen molar-refractivity contribution in [2.75, 3.05) is 66.1 Å². The molecule has 1 unspecified atom stereocenters. The maximum absolute atomic E-state index is 5.98. The first-order chi connectivity index (χ1) is 13.7. The first-order valence-electron chi connectivity index (χ1n) is 11.6. The van der Waals surface area contributed by atoms with Gasteiger partial charge in [-0.25, -0.2) is 0 Å². The van der Waals surface area contributed by atoms with E-state index in [9.17, 15) is 0 Å². The van der Waals surface area contributed by atoms with Crippen molar-refractivity contribution in [3.63, 3.8) is 0 Å². The summed E-state index contributed by atoms with van der Waals surface area (Å²) in [6, 6.07) is 0. The minimum absolute atomic E-state index is 0.392. The molecule has 6 nitrogen and oxygen atoms in total. The maximum atomic E-state index is 5.98. The van der Waals surface area contributed by atoms with Crippen molar-refractivity contribution in [3.8, 4) is 0 Å². The van der Waals surface area contributed by atoms with Crippen LogP contribution < -0.4 is 5.32 Å². The van der Waals surface area contributed by atoms with Crippen LogP contribution in [0.25, 0.3) is 0 Å². The van der Waals surface area contributed by atoms with E-state index >= 15 is 0 Å². The summed E-state index contributed by atoms with van der Waals surface area (Å²) in [5.74, 6) is 1.96. The summed E-state index contributed by atoms with van der Waals surface area (Å²) in [5.41, 5.74) is 0. The number of methoxy groups -OCH3 is 1. The fourth-order valence-corrected chi connectivity index (χ4v) is 4.24. The number of hydrogen-bond acceptors (Lipinski definition) is 4. The van der Waals surface area contributed by atoms with Gasteiger partial charge >= 0.3 is 0 Å². The van der Waals surface area contributed by atoms with E-state index in [2.05, 4.69) is 29.0 Å². The van der Waals surface area contributed by atoms with Crippen LogP contribution in [0, 0.1) is 5.92 Å². The molecule has 0 amide bonds. The van der Waals surface area contributed by atoms with E-state index < -0.39 is 0 Å². The molecule has 0 aliphatic carbocycles. The maximum Gasteiger partial charge on any atom is 0.193 e. The van der Waals surface area contributed by atoms with Crippen LogP contribution in [0.2, 0.25) is 0 Å². The predicted octanol–water partition coefficient (Wildman–Crippen LogP) is 2.98. The zero-order valence-corrected chi connectivity index (χ0v) is 18.6. The molecular formula is C22H44N4O2. The number of rotatable bonds is 11. The molecule has 2 rings (SSSR count). The van der Waals surface area contributed by atoms with E-state index in [-0.39, 0.29) is 0 Å². The molecule has 6 heteroatoms. The summed E-state index contributed by atoms with van der Waals surface area (Å²) in [4.78, 5) is 9.95. The highest BCUT2D eigenvalue weighted by Crippen LogP contribution is 2.16. The van der Waals surface area contributed by atoms with Gasteiger partial charge in [0.25, 0.3) is 0 Å². The van der Waals surface area contributed by atoms with Gasteiger partial charge in [0.15, 0.2) is 5.96 Å². The molecule has 0 bridgehead atoms. The summed E-state index contributed by atoms with van der Waals surface area (Å²) < 4.78 is 11.1. The highest BCUT2D eigenvalue weighted by Gasteiger charge is 2.21. The zero-order chi connectivity index (χ0) is 20.0. The van der Waals surface area contributed by atoms with Gasteiger partial charge in [0, 0.05) is 53.0 Å². The molecule has 2 heterocycles. The van der Waals surface area contributed by atoms with Gasteiger partial charge in [-0.2, -0.15) is 0 Å². The highest BCUT2D eigenvalue weighted by molar-refractivity contribution is 5.80. The molecule has 0 aromatic rings. The van der Waals surface area contributed by atoms with Gasteiger partial charge in [0.2, 0.25) is 0 Å². The summed E-state index contributed by atoms with van der Waals surface area (Å²) in [6.45, 7) is 13.9. The number of guanidine groups is 1. The first kappa shape index (κ1) is 23.4. The molecule has 0 aromatic carbocycles. The standard InChI is InChI=1S/C22H44N4O2/c1-4-23-22(24-12-5-6-13-25-14-7-9-20(2)19-25)26-15-10-21(11-16-26)28-18-8-17-27-3/h20-21H,4-19H2,1-3H3,(H,23,24). The number of hydrogen-bond donors (Lipinski definition) is 1. The lowest BCUT2D eigenvalue weighted by Gasteiger charge is -2.34. The SMILES string of the molecule is CCNC(=NCCCCN1CCCC(C)C1)N1CCC(OCCCOC)CC1. The smallest absolute Gasteiger partial charge is 0.193 e. The van der Waals surface area contributed by atoms with E-state index in [1.807, 2.05) is 0 Å². The Morgan fingerprint density at radius 2 is 1.89 bits per heavy atom. The molecule has 0 saturated carbocycles. The number of ether oxygens (including phenoxy) is 2. The van der Waals surface area contributed by atoms with Crippen molar-refractivity contribution in [1.29, 1.82) is 0 Å². The second-order valence-electron chi connectivity index (χ2n) is 8.39. The second kappa shape index (κ2) is 14.2. The van der Waals surface area contributed by atoms with E-state index in [4.69, 9.17) is 14.5 Å². The first-order valence-corrected chi connectivity index (χ1v) is 11.6. The third-order valence-electron chi connectivity index (χ3n) is 5.81. The zero-order valence-electron chi connectivity index (χ0n) is 18.6. The summed E-state index contributed by atoms with van der Waals surface area (Å²) in [7, 11) is 1.74.